The van der Waals surface area contributed by atoms with Gasteiger partial charge >= 0.3 is 0 Å². The van der Waals surface area contributed by atoms with Crippen LogP contribution in [0.25, 0.3) is 0 Å². The first-order valence-corrected chi connectivity index (χ1v) is 6.94. The summed E-state index contributed by atoms with van der Waals surface area (Å²) in [5.74, 6) is 0.0517. The van der Waals surface area contributed by atoms with Crippen LogP contribution in [-0.4, -0.2) is 19.1 Å². The van der Waals surface area contributed by atoms with Crippen LogP contribution in [0.15, 0.2) is 53.4 Å². The van der Waals surface area contributed by atoms with Crippen molar-refractivity contribution in [2.24, 2.45) is 0 Å². The summed E-state index contributed by atoms with van der Waals surface area (Å²) >= 11 is 1.63. The van der Waals surface area contributed by atoms with E-state index in [9.17, 15) is 4.79 Å². The number of carbonyl (C=O) groups is 1. The number of nitrogens with one attached hydrogen (secondary N) is 1. The summed E-state index contributed by atoms with van der Waals surface area (Å²) in [6.07, 6.45) is 2.01. The van der Waals surface area contributed by atoms with E-state index in [0.29, 0.717) is 5.56 Å². The molecule has 0 bridgehead atoms. The lowest BCUT2D eigenvalue weighted by atomic mass is 10.0. The molecule has 0 saturated heterocycles. The summed E-state index contributed by atoms with van der Waals surface area (Å²) in [6, 6.07) is 15.2. The third-order valence-corrected chi connectivity index (χ3v) is 3.50. The van der Waals surface area contributed by atoms with E-state index < -0.39 is 0 Å². The van der Waals surface area contributed by atoms with Crippen LogP contribution in [0.2, 0.25) is 0 Å². The Labute approximate surface area is 111 Å². The monoisotopic (exact) mass is 257 g/mol. The molecule has 18 heavy (non-hydrogen) atoms. The summed E-state index contributed by atoms with van der Waals surface area (Å²) in [5.41, 5.74) is 2.30. The molecular weight excluding hydrogens is 242 g/mol. The van der Waals surface area contributed by atoms with Crippen LogP contribution in [-0.2, 0) is 0 Å². The van der Waals surface area contributed by atoms with Crippen LogP contribution >= 0.6 is 11.8 Å². The maximum Gasteiger partial charge on any atom is 0.195 e. The maximum absolute atomic E-state index is 12.4. The fourth-order valence-electron chi connectivity index (χ4n) is 1.80. The Morgan fingerprint density at radius 1 is 1.11 bits per heavy atom. The number of hydrogen-bond donors (Lipinski definition) is 1. The van der Waals surface area contributed by atoms with Gasteiger partial charge in [0.1, 0.15) is 0 Å². The summed E-state index contributed by atoms with van der Waals surface area (Å²) in [5, 5.41) is 3.07. The van der Waals surface area contributed by atoms with Gasteiger partial charge in [0, 0.05) is 28.8 Å². The standard InChI is InChI=1S/C15H15NOS/c1-16-14-9-8-12(18-2)10-13(14)15(17)11-6-4-3-5-7-11/h3-10,16H,1-2H3. The zero-order chi connectivity index (χ0) is 13.0. The molecule has 0 spiro atoms. The molecule has 2 aromatic rings. The molecule has 0 aliphatic carbocycles. The molecule has 0 heterocycles. The number of anilines is 1. The van der Waals surface area contributed by atoms with E-state index in [4.69, 9.17) is 0 Å². The van der Waals surface area contributed by atoms with Gasteiger partial charge in [-0.15, -0.1) is 11.8 Å². The molecule has 2 rings (SSSR count). The number of rotatable bonds is 4. The van der Waals surface area contributed by atoms with Crippen molar-refractivity contribution in [3.63, 3.8) is 0 Å². The second-order valence-corrected chi connectivity index (χ2v) is 4.74. The van der Waals surface area contributed by atoms with Crippen LogP contribution in [0.3, 0.4) is 0 Å². The molecule has 0 atom stereocenters. The summed E-state index contributed by atoms with van der Waals surface area (Å²) < 4.78 is 0. The zero-order valence-corrected chi connectivity index (χ0v) is 11.3. The Balaban J connectivity index is 2.46. The minimum Gasteiger partial charge on any atom is -0.388 e. The number of thioether (sulfide) groups is 1. The molecule has 0 saturated carbocycles. The van der Waals surface area contributed by atoms with Gasteiger partial charge in [-0.2, -0.15) is 0 Å². The van der Waals surface area contributed by atoms with Crippen molar-refractivity contribution in [1.82, 2.24) is 0 Å². The van der Waals surface area contributed by atoms with Gasteiger partial charge in [0.25, 0.3) is 0 Å². The Hall–Kier alpha value is -1.74. The van der Waals surface area contributed by atoms with E-state index in [2.05, 4.69) is 5.32 Å². The minimum atomic E-state index is 0.0517. The van der Waals surface area contributed by atoms with Gasteiger partial charge in [0.2, 0.25) is 0 Å². The number of ketones is 1. The first-order chi connectivity index (χ1) is 8.76. The van der Waals surface area contributed by atoms with Crippen LogP contribution in [0, 0.1) is 0 Å². The van der Waals surface area contributed by atoms with Gasteiger partial charge in [-0.05, 0) is 24.5 Å². The first kappa shape index (κ1) is 12.7. The van der Waals surface area contributed by atoms with Crippen molar-refractivity contribution in [3.8, 4) is 0 Å². The van der Waals surface area contributed by atoms with Crippen LogP contribution in [0.1, 0.15) is 15.9 Å². The second kappa shape index (κ2) is 5.74. The summed E-state index contributed by atoms with van der Waals surface area (Å²) in [4.78, 5) is 13.5. The number of carbonyl (C=O) groups excluding carboxylic acids is 1. The van der Waals surface area contributed by atoms with Crippen molar-refractivity contribution < 1.29 is 4.79 Å². The molecule has 1 N–H and O–H groups in total. The van der Waals surface area contributed by atoms with Crippen LogP contribution < -0.4 is 5.32 Å². The predicted molar refractivity (Wildman–Crippen MR) is 77.6 cm³/mol. The Morgan fingerprint density at radius 3 is 2.44 bits per heavy atom. The Kier molecular flexibility index (Phi) is 4.05. The highest BCUT2D eigenvalue weighted by molar-refractivity contribution is 7.98. The van der Waals surface area contributed by atoms with Crippen molar-refractivity contribution in [2.45, 2.75) is 4.90 Å². The Morgan fingerprint density at radius 2 is 1.83 bits per heavy atom. The van der Waals surface area contributed by atoms with Gasteiger partial charge in [-0.25, -0.2) is 0 Å². The molecule has 0 aliphatic rings. The molecule has 3 heteroatoms. The minimum absolute atomic E-state index is 0.0517. The topological polar surface area (TPSA) is 29.1 Å². The van der Waals surface area contributed by atoms with E-state index in [0.717, 1.165) is 16.1 Å². The quantitative estimate of drug-likeness (QED) is 0.669. The molecular formula is C15H15NOS. The average Bonchev–Trinajstić information content (AvgIpc) is 2.46. The van der Waals surface area contributed by atoms with Crippen molar-refractivity contribution in [1.29, 1.82) is 0 Å². The van der Waals surface area contributed by atoms with Gasteiger partial charge in [-0.1, -0.05) is 30.3 Å². The molecule has 0 radical (unpaired) electrons. The first-order valence-electron chi connectivity index (χ1n) is 5.72. The molecule has 0 fully saturated rings. The van der Waals surface area contributed by atoms with Gasteiger partial charge in [0.05, 0.1) is 0 Å². The fraction of sp³-hybridized carbons (Fsp3) is 0.133. The fourth-order valence-corrected chi connectivity index (χ4v) is 2.24. The Bertz CT molecular complexity index is 552. The normalized spacial score (nSPS) is 10.1. The SMILES string of the molecule is CNc1ccc(SC)cc1C(=O)c1ccccc1. The van der Waals surface area contributed by atoms with Gasteiger partial charge in [-0.3, -0.25) is 4.79 Å². The third kappa shape index (κ3) is 2.57. The third-order valence-electron chi connectivity index (χ3n) is 2.78. The number of hydrogen-bond acceptors (Lipinski definition) is 3. The van der Waals surface area contributed by atoms with E-state index in [-0.39, 0.29) is 5.78 Å². The van der Waals surface area contributed by atoms with E-state index in [1.165, 1.54) is 0 Å². The second-order valence-electron chi connectivity index (χ2n) is 3.86. The molecule has 2 aromatic carbocycles. The zero-order valence-electron chi connectivity index (χ0n) is 10.4. The highest BCUT2D eigenvalue weighted by atomic mass is 32.2. The summed E-state index contributed by atoms with van der Waals surface area (Å²) in [6.45, 7) is 0. The predicted octanol–water partition coefficient (Wildman–Crippen LogP) is 3.68. The molecule has 0 amide bonds. The average molecular weight is 257 g/mol. The highest BCUT2D eigenvalue weighted by Crippen LogP contribution is 2.25. The van der Waals surface area contributed by atoms with Crippen LogP contribution in [0.5, 0.6) is 0 Å². The van der Waals surface area contributed by atoms with Crippen LogP contribution in [0.4, 0.5) is 5.69 Å². The lowest BCUT2D eigenvalue weighted by Gasteiger charge is -2.10. The van der Waals surface area contributed by atoms with Crippen molar-refractivity contribution in [3.05, 3.63) is 59.7 Å². The van der Waals surface area contributed by atoms with Gasteiger partial charge in [0.15, 0.2) is 5.78 Å². The molecule has 2 nitrogen and oxygen atoms in total. The van der Waals surface area contributed by atoms with E-state index in [1.54, 1.807) is 11.8 Å². The van der Waals surface area contributed by atoms with Gasteiger partial charge < -0.3 is 5.32 Å². The molecule has 0 aliphatic heterocycles. The van der Waals surface area contributed by atoms with Crippen molar-refractivity contribution >= 4 is 23.2 Å². The van der Waals surface area contributed by atoms with E-state index >= 15 is 0 Å². The van der Waals surface area contributed by atoms with Crippen molar-refractivity contribution in [2.75, 3.05) is 18.6 Å². The smallest absolute Gasteiger partial charge is 0.195 e. The highest BCUT2D eigenvalue weighted by Gasteiger charge is 2.13. The maximum atomic E-state index is 12.4. The van der Waals surface area contributed by atoms with E-state index in [1.807, 2.05) is 61.8 Å². The summed E-state index contributed by atoms with van der Waals surface area (Å²) in [7, 11) is 1.83. The largest absolute Gasteiger partial charge is 0.388 e. The lowest BCUT2D eigenvalue weighted by molar-refractivity contribution is 0.103. The molecule has 92 valence electrons. The lowest BCUT2D eigenvalue weighted by Crippen LogP contribution is -2.05. The molecule has 0 unspecified atom stereocenters. The molecule has 0 aromatic heterocycles. The number of benzene rings is 2.